The molecular weight excluding hydrogens is 328 g/mol. The number of aromatic nitrogens is 4. The van der Waals surface area contributed by atoms with Crippen LogP contribution in [0.15, 0.2) is 18.3 Å². The lowest BCUT2D eigenvalue weighted by atomic mass is 10.1. The lowest BCUT2D eigenvalue weighted by Crippen LogP contribution is -2.41. The summed E-state index contributed by atoms with van der Waals surface area (Å²) < 4.78 is 2.25. The number of pyridine rings is 1. The molecule has 0 aromatic carbocycles. The Bertz CT molecular complexity index is 791. The first kappa shape index (κ1) is 17.0. The smallest absolute Gasteiger partial charge is 0.256 e. The Morgan fingerprint density at radius 2 is 1.85 bits per heavy atom. The lowest BCUT2D eigenvalue weighted by molar-refractivity contribution is 0.0635. The third-order valence-corrected chi connectivity index (χ3v) is 5.65. The van der Waals surface area contributed by atoms with Crippen molar-refractivity contribution in [2.24, 2.45) is 0 Å². The van der Waals surface area contributed by atoms with Crippen molar-refractivity contribution in [1.29, 1.82) is 0 Å². The van der Waals surface area contributed by atoms with Gasteiger partial charge in [0.1, 0.15) is 11.6 Å². The van der Waals surface area contributed by atoms with E-state index in [4.69, 9.17) is 0 Å². The molecule has 4 rings (SSSR count). The quantitative estimate of drug-likeness (QED) is 0.848. The highest BCUT2D eigenvalue weighted by molar-refractivity contribution is 5.94. The Morgan fingerprint density at radius 1 is 1.12 bits per heavy atom. The molecule has 0 saturated heterocycles. The zero-order valence-corrected chi connectivity index (χ0v) is 15.7. The van der Waals surface area contributed by atoms with Gasteiger partial charge in [0.15, 0.2) is 5.82 Å². The van der Waals surface area contributed by atoms with Gasteiger partial charge in [-0.15, -0.1) is 10.2 Å². The van der Waals surface area contributed by atoms with Crippen molar-refractivity contribution >= 4 is 11.7 Å². The van der Waals surface area contributed by atoms with E-state index in [-0.39, 0.29) is 11.9 Å². The van der Waals surface area contributed by atoms with Crippen molar-refractivity contribution in [2.75, 3.05) is 25.5 Å². The van der Waals surface area contributed by atoms with Gasteiger partial charge in [0.2, 0.25) is 0 Å². The van der Waals surface area contributed by atoms with Gasteiger partial charge in [-0.05, 0) is 31.9 Å². The maximum atomic E-state index is 13.0. The highest BCUT2D eigenvalue weighted by Gasteiger charge is 2.34. The zero-order valence-electron chi connectivity index (χ0n) is 15.7. The highest BCUT2D eigenvalue weighted by atomic mass is 16.2. The predicted molar refractivity (Wildman–Crippen MR) is 99.2 cm³/mol. The molecule has 26 heavy (non-hydrogen) atoms. The van der Waals surface area contributed by atoms with Gasteiger partial charge in [-0.25, -0.2) is 4.98 Å². The Balaban J connectivity index is 1.55. The van der Waals surface area contributed by atoms with E-state index in [1.165, 1.54) is 25.7 Å². The summed E-state index contributed by atoms with van der Waals surface area (Å²) in [7, 11) is 3.87. The fourth-order valence-electron chi connectivity index (χ4n) is 4.11. The van der Waals surface area contributed by atoms with Crippen molar-refractivity contribution in [2.45, 2.75) is 51.1 Å². The number of carbonyl (C=O) groups is 1. The molecule has 1 atom stereocenters. The van der Waals surface area contributed by atoms with Crippen LogP contribution in [0, 0.1) is 0 Å². The third kappa shape index (κ3) is 2.85. The maximum Gasteiger partial charge on any atom is 0.256 e. The monoisotopic (exact) mass is 354 g/mol. The van der Waals surface area contributed by atoms with Gasteiger partial charge in [0.25, 0.3) is 5.91 Å². The molecule has 3 heterocycles. The molecule has 1 amide bonds. The van der Waals surface area contributed by atoms with Gasteiger partial charge in [-0.3, -0.25) is 4.79 Å². The number of fused-ring (bicyclic) bond motifs is 1. The van der Waals surface area contributed by atoms with E-state index < -0.39 is 0 Å². The van der Waals surface area contributed by atoms with Gasteiger partial charge >= 0.3 is 0 Å². The average molecular weight is 354 g/mol. The molecule has 0 bridgehead atoms. The number of carbonyl (C=O) groups excluding carboxylic acids is 1. The lowest BCUT2D eigenvalue weighted by Gasteiger charge is -2.34. The highest BCUT2D eigenvalue weighted by Crippen LogP contribution is 2.35. The minimum absolute atomic E-state index is 0.00646. The summed E-state index contributed by atoms with van der Waals surface area (Å²) in [5.74, 6) is 3.41. The van der Waals surface area contributed by atoms with Crippen LogP contribution in [0.2, 0.25) is 0 Å². The van der Waals surface area contributed by atoms with Crippen LogP contribution in [-0.2, 0) is 6.54 Å². The number of nitrogens with zero attached hydrogens (tertiary/aromatic N) is 6. The van der Waals surface area contributed by atoms with E-state index in [0.29, 0.717) is 18.0 Å². The Morgan fingerprint density at radius 3 is 2.50 bits per heavy atom. The molecule has 0 spiro atoms. The summed E-state index contributed by atoms with van der Waals surface area (Å²) >= 11 is 0. The van der Waals surface area contributed by atoms with Crippen LogP contribution < -0.4 is 4.90 Å². The van der Waals surface area contributed by atoms with E-state index >= 15 is 0 Å². The van der Waals surface area contributed by atoms with Gasteiger partial charge in [-0.2, -0.15) is 0 Å². The van der Waals surface area contributed by atoms with Crippen LogP contribution in [0.25, 0.3) is 0 Å². The molecule has 1 aliphatic heterocycles. The second-order valence-corrected chi connectivity index (χ2v) is 7.52. The molecule has 1 saturated carbocycles. The number of hydrogen-bond acceptors (Lipinski definition) is 5. The Kier molecular flexibility index (Phi) is 4.38. The minimum Gasteiger partial charge on any atom is -0.363 e. The normalized spacial score (nSPS) is 20.3. The van der Waals surface area contributed by atoms with Gasteiger partial charge in [0, 0.05) is 39.3 Å². The van der Waals surface area contributed by atoms with Crippen LogP contribution in [0.1, 0.15) is 66.6 Å². The second kappa shape index (κ2) is 6.70. The summed E-state index contributed by atoms with van der Waals surface area (Å²) in [6.07, 6.45) is 6.64. The molecule has 2 aliphatic rings. The Labute approximate surface area is 154 Å². The fraction of sp³-hybridized carbons (Fsp3) is 0.579. The average Bonchev–Trinajstić information content (AvgIpc) is 3.31. The van der Waals surface area contributed by atoms with Crippen molar-refractivity contribution < 1.29 is 4.79 Å². The summed E-state index contributed by atoms with van der Waals surface area (Å²) in [5, 5.41) is 8.93. The number of anilines is 1. The molecule has 1 aliphatic carbocycles. The fourth-order valence-corrected chi connectivity index (χ4v) is 4.11. The van der Waals surface area contributed by atoms with Crippen LogP contribution >= 0.6 is 0 Å². The van der Waals surface area contributed by atoms with Gasteiger partial charge in [0.05, 0.1) is 11.6 Å². The van der Waals surface area contributed by atoms with Crippen LogP contribution in [-0.4, -0.2) is 51.2 Å². The minimum atomic E-state index is -0.0765. The molecule has 0 N–H and O–H groups in total. The first-order valence-corrected chi connectivity index (χ1v) is 9.43. The molecule has 7 nitrogen and oxygen atoms in total. The first-order chi connectivity index (χ1) is 12.6. The molecule has 138 valence electrons. The SMILES string of the molecule is CC1c2nnc(C3CCCC3)n2CCN1C(=O)c1ccc(N(C)C)nc1. The second-order valence-electron chi connectivity index (χ2n) is 7.52. The summed E-state index contributed by atoms with van der Waals surface area (Å²) in [5.41, 5.74) is 0.617. The van der Waals surface area contributed by atoms with Gasteiger partial charge in [-0.1, -0.05) is 12.8 Å². The molecule has 0 radical (unpaired) electrons. The number of rotatable bonds is 3. The van der Waals surface area contributed by atoms with E-state index in [2.05, 4.69) is 19.7 Å². The first-order valence-electron chi connectivity index (χ1n) is 9.43. The topological polar surface area (TPSA) is 67.2 Å². The van der Waals surface area contributed by atoms with Crippen molar-refractivity contribution in [3.8, 4) is 0 Å². The predicted octanol–water partition coefficient (Wildman–Crippen LogP) is 2.61. The zero-order chi connectivity index (χ0) is 18.3. The number of hydrogen-bond donors (Lipinski definition) is 0. The van der Waals surface area contributed by atoms with E-state index in [0.717, 1.165) is 24.0 Å². The van der Waals surface area contributed by atoms with Crippen molar-refractivity contribution in [3.63, 3.8) is 0 Å². The summed E-state index contributed by atoms with van der Waals surface area (Å²) in [4.78, 5) is 21.1. The molecule has 1 unspecified atom stereocenters. The standard InChI is InChI=1S/C19H26N6O/c1-13-17-21-22-18(14-6-4-5-7-14)25(17)11-10-24(13)19(26)15-8-9-16(20-12-15)23(2)3/h8-9,12-14H,4-7,10-11H2,1-3H3. The van der Waals surface area contributed by atoms with Crippen molar-refractivity contribution in [1.82, 2.24) is 24.6 Å². The molecule has 7 heteroatoms. The summed E-state index contributed by atoms with van der Waals surface area (Å²) in [6.45, 7) is 3.49. The molecule has 1 fully saturated rings. The molecular formula is C19H26N6O. The summed E-state index contributed by atoms with van der Waals surface area (Å²) in [6, 6.07) is 3.65. The third-order valence-electron chi connectivity index (χ3n) is 5.65. The van der Waals surface area contributed by atoms with Crippen LogP contribution in [0.3, 0.4) is 0 Å². The molecule has 2 aromatic rings. The molecule has 2 aromatic heterocycles. The van der Waals surface area contributed by atoms with Gasteiger partial charge < -0.3 is 14.4 Å². The van der Waals surface area contributed by atoms with Crippen LogP contribution in [0.5, 0.6) is 0 Å². The van der Waals surface area contributed by atoms with Crippen molar-refractivity contribution in [3.05, 3.63) is 35.5 Å². The maximum absolute atomic E-state index is 13.0. The van der Waals surface area contributed by atoms with Crippen LogP contribution in [0.4, 0.5) is 5.82 Å². The van der Waals surface area contributed by atoms with E-state index in [1.54, 1.807) is 6.20 Å². The Hall–Kier alpha value is -2.44. The largest absolute Gasteiger partial charge is 0.363 e. The number of amides is 1. The van der Waals surface area contributed by atoms with E-state index in [9.17, 15) is 4.79 Å². The van der Waals surface area contributed by atoms with E-state index in [1.807, 2.05) is 43.0 Å².